The lowest BCUT2D eigenvalue weighted by Crippen LogP contribution is -2.35. The van der Waals surface area contributed by atoms with E-state index in [1.807, 2.05) is 24.3 Å². The quantitative estimate of drug-likeness (QED) is 0.821. The second kappa shape index (κ2) is 7.58. The highest BCUT2D eigenvalue weighted by Gasteiger charge is 2.26. The average molecular weight is 354 g/mol. The second-order valence-corrected chi connectivity index (χ2v) is 8.11. The number of nitrogens with two attached hydrogens (primary N) is 1. The molecule has 0 unspecified atom stereocenters. The third-order valence-electron chi connectivity index (χ3n) is 5.40. The first-order valence-corrected chi connectivity index (χ1v) is 9.25. The van der Waals surface area contributed by atoms with E-state index in [0.717, 1.165) is 18.2 Å². The summed E-state index contributed by atoms with van der Waals surface area (Å²) in [6.45, 7) is 5.52. The fourth-order valence-electron chi connectivity index (χ4n) is 3.58. The maximum Gasteiger partial charge on any atom is 0.248 e. The normalized spacial score (nSPS) is 17.2. The lowest BCUT2D eigenvalue weighted by Gasteiger charge is -2.34. The minimum atomic E-state index is -0.623. The molecule has 3 N–H and O–H groups in total. The minimum Gasteiger partial charge on any atom is -0.366 e. The van der Waals surface area contributed by atoms with Gasteiger partial charge in [0.2, 0.25) is 5.91 Å². The molecule has 1 amide bonds. The Balaban J connectivity index is 1.63. The summed E-state index contributed by atoms with van der Waals surface area (Å²) in [6, 6.07) is 12.8. The molecular formula is C22H27FN2O. The van der Waals surface area contributed by atoms with Gasteiger partial charge in [-0.05, 0) is 66.0 Å². The van der Waals surface area contributed by atoms with Gasteiger partial charge in [0, 0.05) is 18.2 Å². The van der Waals surface area contributed by atoms with Crippen molar-refractivity contribution in [3.8, 4) is 11.1 Å². The van der Waals surface area contributed by atoms with Gasteiger partial charge >= 0.3 is 0 Å². The number of rotatable bonds is 5. The van der Waals surface area contributed by atoms with Gasteiger partial charge in [0.1, 0.15) is 5.82 Å². The van der Waals surface area contributed by atoms with Gasteiger partial charge < -0.3 is 11.1 Å². The highest BCUT2D eigenvalue weighted by molar-refractivity contribution is 5.94. The number of hydrogen-bond donors (Lipinski definition) is 2. The molecule has 2 aromatic carbocycles. The van der Waals surface area contributed by atoms with Crippen LogP contribution in [-0.2, 0) is 6.54 Å². The van der Waals surface area contributed by atoms with Crippen LogP contribution in [0.5, 0.6) is 0 Å². The van der Waals surface area contributed by atoms with Crippen LogP contribution in [0.1, 0.15) is 55.5 Å². The molecule has 2 aromatic rings. The molecule has 0 spiro atoms. The predicted molar refractivity (Wildman–Crippen MR) is 103 cm³/mol. The SMILES string of the molecule is CC1(C)CCC(NCc2ccc(-c3cc(F)cc(C(N)=O)c3)cc2)CC1. The van der Waals surface area contributed by atoms with Crippen LogP contribution in [0.25, 0.3) is 11.1 Å². The molecule has 1 fully saturated rings. The van der Waals surface area contributed by atoms with Crippen LogP contribution in [0.2, 0.25) is 0 Å². The third-order valence-corrected chi connectivity index (χ3v) is 5.40. The van der Waals surface area contributed by atoms with E-state index in [9.17, 15) is 9.18 Å². The fraction of sp³-hybridized carbons (Fsp3) is 0.409. The summed E-state index contributed by atoms with van der Waals surface area (Å²) in [5.74, 6) is -1.08. The average Bonchev–Trinajstić information content (AvgIpc) is 2.60. The van der Waals surface area contributed by atoms with Crippen molar-refractivity contribution in [3.63, 3.8) is 0 Å². The monoisotopic (exact) mass is 354 g/mol. The Labute approximate surface area is 154 Å². The van der Waals surface area contributed by atoms with E-state index in [2.05, 4.69) is 19.2 Å². The zero-order valence-corrected chi connectivity index (χ0v) is 15.5. The van der Waals surface area contributed by atoms with Crippen molar-refractivity contribution < 1.29 is 9.18 Å². The third kappa shape index (κ3) is 4.70. The summed E-state index contributed by atoms with van der Waals surface area (Å²) in [6.07, 6.45) is 4.99. The van der Waals surface area contributed by atoms with Crippen molar-refractivity contribution in [1.82, 2.24) is 5.32 Å². The van der Waals surface area contributed by atoms with E-state index in [4.69, 9.17) is 5.73 Å². The molecular weight excluding hydrogens is 327 g/mol. The number of halogens is 1. The van der Waals surface area contributed by atoms with Crippen LogP contribution in [0, 0.1) is 11.2 Å². The van der Waals surface area contributed by atoms with Crippen LogP contribution in [0.3, 0.4) is 0 Å². The van der Waals surface area contributed by atoms with E-state index in [1.54, 1.807) is 6.07 Å². The summed E-state index contributed by atoms with van der Waals surface area (Å²) in [5.41, 5.74) is 8.66. The smallest absolute Gasteiger partial charge is 0.248 e. The Morgan fingerprint density at radius 3 is 2.38 bits per heavy atom. The first-order valence-electron chi connectivity index (χ1n) is 9.25. The van der Waals surface area contributed by atoms with Gasteiger partial charge in [0.05, 0.1) is 0 Å². The van der Waals surface area contributed by atoms with Crippen LogP contribution in [0.15, 0.2) is 42.5 Å². The van der Waals surface area contributed by atoms with E-state index in [-0.39, 0.29) is 5.56 Å². The summed E-state index contributed by atoms with van der Waals surface area (Å²) in [4.78, 5) is 11.3. The Kier molecular flexibility index (Phi) is 5.42. The van der Waals surface area contributed by atoms with E-state index in [1.165, 1.54) is 37.3 Å². The predicted octanol–water partition coefficient (Wildman–Crippen LogP) is 4.65. The van der Waals surface area contributed by atoms with Gasteiger partial charge in [-0.3, -0.25) is 4.79 Å². The van der Waals surface area contributed by atoms with E-state index >= 15 is 0 Å². The van der Waals surface area contributed by atoms with Gasteiger partial charge in [-0.2, -0.15) is 0 Å². The molecule has 26 heavy (non-hydrogen) atoms. The number of benzene rings is 2. The topological polar surface area (TPSA) is 55.1 Å². The van der Waals surface area contributed by atoms with Gasteiger partial charge in [0.25, 0.3) is 0 Å². The van der Waals surface area contributed by atoms with E-state index in [0.29, 0.717) is 17.0 Å². The Bertz CT molecular complexity index is 773. The summed E-state index contributed by atoms with van der Waals surface area (Å²) >= 11 is 0. The van der Waals surface area contributed by atoms with Crippen molar-refractivity contribution in [2.45, 2.75) is 52.1 Å². The molecule has 0 saturated heterocycles. The first kappa shape index (κ1) is 18.6. The van der Waals surface area contributed by atoms with Crippen LogP contribution in [-0.4, -0.2) is 11.9 Å². The molecule has 3 nitrogen and oxygen atoms in total. The first-order chi connectivity index (χ1) is 12.3. The van der Waals surface area contributed by atoms with Gasteiger partial charge in [-0.15, -0.1) is 0 Å². The van der Waals surface area contributed by atoms with Gasteiger partial charge in [0.15, 0.2) is 0 Å². The fourth-order valence-corrected chi connectivity index (χ4v) is 3.58. The zero-order chi connectivity index (χ0) is 18.7. The van der Waals surface area contributed by atoms with Crippen molar-refractivity contribution in [2.75, 3.05) is 0 Å². The van der Waals surface area contributed by atoms with Crippen LogP contribution < -0.4 is 11.1 Å². The number of primary amides is 1. The van der Waals surface area contributed by atoms with Crippen molar-refractivity contribution in [1.29, 1.82) is 0 Å². The summed E-state index contributed by atoms with van der Waals surface area (Å²) in [7, 11) is 0. The molecule has 4 heteroatoms. The zero-order valence-electron chi connectivity index (χ0n) is 15.5. The molecule has 0 heterocycles. The Morgan fingerprint density at radius 2 is 1.77 bits per heavy atom. The Morgan fingerprint density at radius 1 is 1.12 bits per heavy atom. The van der Waals surface area contributed by atoms with Crippen LogP contribution >= 0.6 is 0 Å². The lowest BCUT2D eigenvalue weighted by atomic mass is 9.75. The molecule has 3 rings (SSSR count). The van der Waals surface area contributed by atoms with E-state index < -0.39 is 11.7 Å². The van der Waals surface area contributed by atoms with Crippen LogP contribution in [0.4, 0.5) is 4.39 Å². The highest BCUT2D eigenvalue weighted by atomic mass is 19.1. The molecule has 1 aliphatic carbocycles. The number of amides is 1. The number of hydrogen-bond acceptors (Lipinski definition) is 2. The Hall–Kier alpha value is -2.20. The maximum absolute atomic E-state index is 13.7. The largest absolute Gasteiger partial charge is 0.366 e. The molecule has 0 radical (unpaired) electrons. The molecule has 0 atom stereocenters. The number of nitrogens with one attached hydrogen (secondary N) is 1. The van der Waals surface area contributed by atoms with Crippen molar-refractivity contribution in [3.05, 3.63) is 59.4 Å². The summed E-state index contributed by atoms with van der Waals surface area (Å²) in [5, 5.41) is 3.65. The standard InChI is InChI=1S/C22H27FN2O/c1-22(2)9-7-20(8-10-22)25-14-15-3-5-16(6-4-15)17-11-18(21(24)26)13-19(23)12-17/h3-6,11-13,20,25H,7-10,14H2,1-2H3,(H2,24,26). The molecule has 0 aliphatic heterocycles. The molecule has 138 valence electrons. The minimum absolute atomic E-state index is 0.186. The van der Waals surface area contributed by atoms with Gasteiger partial charge in [-0.1, -0.05) is 38.1 Å². The molecule has 0 aromatic heterocycles. The number of carbonyl (C=O) groups excluding carboxylic acids is 1. The summed E-state index contributed by atoms with van der Waals surface area (Å²) < 4.78 is 13.7. The van der Waals surface area contributed by atoms with Crippen molar-refractivity contribution in [2.24, 2.45) is 11.1 Å². The molecule has 0 bridgehead atoms. The molecule has 1 saturated carbocycles. The number of carbonyl (C=O) groups is 1. The van der Waals surface area contributed by atoms with Crippen molar-refractivity contribution >= 4 is 5.91 Å². The molecule has 1 aliphatic rings. The highest BCUT2D eigenvalue weighted by Crippen LogP contribution is 2.35. The lowest BCUT2D eigenvalue weighted by molar-refractivity contribution is 0.1000. The van der Waals surface area contributed by atoms with Gasteiger partial charge in [-0.25, -0.2) is 4.39 Å². The maximum atomic E-state index is 13.7. The second-order valence-electron chi connectivity index (χ2n) is 8.11.